The van der Waals surface area contributed by atoms with Gasteiger partial charge < -0.3 is 15.1 Å². The molecule has 7 heteroatoms. The van der Waals surface area contributed by atoms with Gasteiger partial charge in [0.15, 0.2) is 0 Å². The first-order valence-corrected chi connectivity index (χ1v) is 8.75. The number of fused-ring (bicyclic) bond motifs is 1. The van der Waals surface area contributed by atoms with Gasteiger partial charge in [-0.3, -0.25) is 0 Å². The number of rotatable bonds is 3. The second-order valence-corrected chi connectivity index (χ2v) is 6.74. The summed E-state index contributed by atoms with van der Waals surface area (Å²) in [5.41, 5.74) is 1.08. The van der Waals surface area contributed by atoms with Crippen molar-refractivity contribution < 1.29 is 9.76 Å². The molecule has 3 aromatic carbocycles. The SMILES string of the molecule is CB(O)c1cc(NC(=S)Oc2ccc3ccccc3c2)c(Cl)cc1Cl. The van der Waals surface area contributed by atoms with Crippen LogP contribution >= 0.6 is 35.4 Å². The van der Waals surface area contributed by atoms with Gasteiger partial charge in [-0.15, -0.1) is 0 Å². The molecular weight excluding hydrogens is 376 g/mol. The predicted molar refractivity (Wildman–Crippen MR) is 111 cm³/mol. The van der Waals surface area contributed by atoms with E-state index in [1.807, 2.05) is 42.5 Å². The normalized spacial score (nSPS) is 10.6. The van der Waals surface area contributed by atoms with E-state index in [1.165, 1.54) is 0 Å². The highest BCUT2D eigenvalue weighted by Gasteiger charge is 2.15. The van der Waals surface area contributed by atoms with Crippen LogP contribution in [-0.2, 0) is 0 Å². The molecule has 2 N–H and O–H groups in total. The maximum Gasteiger partial charge on any atom is 0.321 e. The zero-order valence-electron chi connectivity index (χ0n) is 13.3. The van der Waals surface area contributed by atoms with Crippen molar-refractivity contribution in [3.05, 3.63) is 64.6 Å². The van der Waals surface area contributed by atoms with Crippen molar-refractivity contribution >= 4 is 69.4 Å². The zero-order valence-corrected chi connectivity index (χ0v) is 15.6. The lowest BCUT2D eigenvalue weighted by molar-refractivity contribution is 0.564. The number of anilines is 1. The van der Waals surface area contributed by atoms with Crippen LogP contribution in [0.15, 0.2) is 54.6 Å². The molecule has 0 amide bonds. The fourth-order valence-electron chi connectivity index (χ4n) is 2.46. The van der Waals surface area contributed by atoms with Gasteiger partial charge in [0.2, 0.25) is 0 Å². The molecule has 0 aliphatic rings. The van der Waals surface area contributed by atoms with Gasteiger partial charge in [-0.25, -0.2) is 0 Å². The Balaban J connectivity index is 1.78. The molecule has 0 atom stereocenters. The standard InChI is InChI=1S/C18H14BCl2NO2S/c1-19(23)14-9-17(16(21)10-15(14)20)22-18(25)24-13-7-6-11-4-2-3-5-12(11)8-13/h2-10,23H,1H3,(H,22,25). The Kier molecular flexibility index (Phi) is 5.49. The van der Waals surface area contributed by atoms with E-state index >= 15 is 0 Å². The molecule has 3 rings (SSSR count). The quantitative estimate of drug-likeness (QED) is 0.501. The van der Waals surface area contributed by atoms with E-state index in [9.17, 15) is 5.02 Å². The Morgan fingerprint density at radius 1 is 1.04 bits per heavy atom. The van der Waals surface area contributed by atoms with Gasteiger partial charge in [0.1, 0.15) is 5.75 Å². The Labute approximate surface area is 161 Å². The third kappa shape index (κ3) is 4.25. The summed E-state index contributed by atoms with van der Waals surface area (Å²) in [6.45, 7) is 0.906. The predicted octanol–water partition coefficient (Wildman–Crippen LogP) is 4.74. The van der Waals surface area contributed by atoms with Crippen LogP contribution in [0.4, 0.5) is 5.69 Å². The third-order valence-corrected chi connectivity index (χ3v) is 4.53. The Morgan fingerprint density at radius 3 is 2.48 bits per heavy atom. The number of hydrogen-bond acceptors (Lipinski definition) is 3. The van der Waals surface area contributed by atoms with Crippen LogP contribution in [-0.4, -0.2) is 17.1 Å². The van der Waals surface area contributed by atoms with E-state index in [-0.39, 0.29) is 5.17 Å². The molecule has 3 nitrogen and oxygen atoms in total. The monoisotopic (exact) mass is 389 g/mol. The summed E-state index contributed by atoms with van der Waals surface area (Å²) in [4.78, 5) is 0. The maximum atomic E-state index is 9.77. The molecule has 0 bridgehead atoms. The lowest BCUT2D eigenvalue weighted by Crippen LogP contribution is -2.28. The summed E-state index contributed by atoms with van der Waals surface area (Å²) < 4.78 is 5.68. The first-order valence-electron chi connectivity index (χ1n) is 7.58. The summed E-state index contributed by atoms with van der Waals surface area (Å²) in [6.07, 6.45) is 0. The minimum atomic E-state index is -0.722. The van der Waals surface area contributed by atoms with Crippen molar-refractivity contribution in [2.24, 2.45) is 0 Å². The van der Waals surface area contributed by atoms with E-state index in [1.54, 1.807) is 19.0 Å². The molecule has 0 unspecified atom stereocenters. The van der Waals surface area contributed by atoms with Gasteiger partial charge in [-0.1, -0.05) is 60.4 Å². The van der Waals surface area contributed by atoms with E-state index in [2.05, 4.69) is 5.32 Å². The van der Waals surface area contributed by atoms with Crippen molar-refractivity contribution in [1.29, 1.82) is 0 Å². The Morgan fingerprint density at radius 2 is 1.76 bits per heavy atom. The van der Waals surface area contributed by atoms with E-state index in [0.29, 0.717) is 26.9 Å². The van der Waals surface area contributed by atoms with Crippen LogP contribution in [0.2, 0.25) is 16.9 Å². The lowest BCUT2D eigenvalue weighted by atomic mass is 9.64. The summed E-state index contributed by atoms with van der Waals surface area (Å²) in [5, 5.41) is 15.8. The summed E-state index contributed by atoms with van der Waals surface area (Å²) >= 11 is 17.5. The number of thiocarbonyl (C=S) groups is 1. The summed E-state index contributed by atoms with van der Waals surface area (Å²) in [7, 11) is 0. The molecule has 0 radical (unpaired) electrons. The second-order valence-electron chi connectivity index (χ2n) is 5.55. The van der Waals surface area contributed by atoms with Gasteiger partial charge in [-0.2, -0.15) is 0 Å². The summed E-state index contributed by atoms with van der Waals surface area (Å²) in [5.74, 6) is 0.622. The highest BCUT2D eigenvalue weighted by Crippen LogP contribution is 2.26. The highest BCUT2D eigenvalue weighted by atomic mass is 35.5. The molecule has 0 heterocycles. The van der Waals surface area contributed by atoms with Crippen LogP contribution in [0.3, 0.4) is 0 Å². The van der Waals surface area contributed by atoms with Gasteiger partial charge in [0, 0.05) is 5.02 Å². The molecule has 0 aliphatic heterocycles. The molecule has 0 saturated carbocycles. The summed E-state index contributed by atoms with van der Waals surface area (Å²) in [6, 6.07) is 16.9. The van der Waals surface area contributed by atoms with Gasteiger partial charge >= 0.3 is 6.92 Å². The van der Waals surface area contributed by atoms with Crippen molar-refractivity contribution in [2.75, 3.05) is 5.32 Å². The number of ether oxygens (including phenoxy) is 1. The minimum Gasteiger partial charge on any atom is -0.446 e. The third-order valence-electron chi connectivity index (χ3n) is 3.70. The number of nitrogens with one attached hydrogen (secondary N) is 1. The molecule has 25 heavy (non-hydrogen) atoms. The van der Waals surface area contributed by atoms with E-state index < -0.39 is 6.92 Å². The molecule has 0 aliphatic carbocycles. The minimum absolute atomic E-state index is 0.149. The van der Waals surface area contributed by atoms with Crippen molar-refractivity contribution in [3.8, 4) is 5.75 Å². The Bertz CT molecular complexity index is 950. The fourth-order valence-corrected chi connectivity index (χ4v) is 3.25. The maximum absolute atomic E-state index is 9.77. The molecule has 0 saturated heterocycles. The van der Waals surface area contributed by atoms with Crippen LogP contribution in [0.5, 0.6) is 5.75 Å². The highest BCUT2D eigenvalue weighted by molar-refractivity contribution is 7.80. The smallest absolute Gasteiger partial charge is 0.321 e. The molecule has 0 aromatic heterocycles. The van der Waals surface area contributed by atoms with Crippen LogP contribution in [0, 0.1) is 0 Å². The molecule has 3 aromatic rings. The zero-order chi connectivity index (χ0) is 18.0. The fraction of sp³-hybridized carbons (Fsp3) is 0.0556. The second kappa shape index (κ2) is 7.62. The molecular formula is C18H14BCl2NO2S. The van der Waals surface area contributed by atoms with Crippen molar-refractivity contribution in [2.45, 2.75) is 6.82 Å². The topological polar surface area (TPSA) is 41.5 Å². The molecule has 0 spiro atoms. The van der Waals surface area contributed by atoms with E-state index in [4.69, 9.17) is 40.2 Å². The average Bonchev–Trinajstić information content (AvgIpc) is 2.57. The van der Waals surface area contributed by atoms with Crippen LogP contribution in [0.1, 0.15) is 0 Å². The van der Waals surface area contributed by atoms with Crippen LogP contribution in [0.25, 0.3) is 10.8 Å². The van der Waals surface area contributed by atoms with Crippen molar-refractivity contribution in [1.82, 2.24) is 0 Å². The Hall–Kier alpha value is -1.79. The average molecular weight is 390 g/mol. The first kappa shape index (κ1) is 18.0. The number of hydrogen-bond donors (Lipinski definition) is 2. The van der Waals surface area contributed by atoms with Crippen LogP contribution < -0.4 is 15.5 Å². The van der Waals surface area contributed by atoms with E-state index in [0.717, 1.165) is 10.8 Å². The molecule has 0 fully saturated rings. The van der Waals surface area contributed by atoms with Crippen molar-refractivity contribution in [3.63, 3.8) is 0 Å². The first-order chi connectivity index (χ1) is 11.9. The molecule has 126 valence electrons. The van der Waals surface area contributed by atoms with Gasteiger partial charge in [0.05, 0.1) is 10.7 Å². The number of benzene rings is 3. The number of halogens is 2. The van der Waals surface area contributed by atoms with Gasteiger partial charge in [-0.05, 0) is 52.7 Å². The largest absolute Gasteiger partial charge is 0.446 e. The van der Waals surface area contributed by atoms with Gasteiger partial charge in [0.25, 0.3) is 5.17 Å². The lowest BCUT2D eigenvalue weighted by Gasteiger charge is -2.14.